The molecular weight excluding hydrogens is 256 g/mol. The van der Waals surface area contributed by atoms with Gasteiger partial charge in [-0.1, -0.05) is 0 Å². The van der Waals surface area contributed by atoms with E-state index in [1.165, 1.54) is 0 Å². The van der Waals surface area contributed by atoms with Gasteiger partial charge < -0.3 is 0 Å². The van der Waals surface area contributed by atoms with Crippen LogP contribution in [0.5, 0.6) is 0 Å². The van der Waals surface area contributed by atoms with E-state index in [-0.39, 0.29) is 29.1 Å². The third kappa shape index (κ3) is 3.45. The van der Waals surface area contributed by atoms with Crippen LogP contribution in [0.4, 0.5) is 14.5 Å². The van der Waals surface area contributed by atoms with Crippen molar-refractivity contribution in [1.29, 1.82) is 0 Å². The standard InChI is InChI=1S/C10H8ClF2NO3/c11-5-8(15)4-7-3-6(10(12)13)1-2-9(7)14(16)17/h1-3,10H,4-5H2. The van der Waals surface area contributed by atoms with Gasteiger partial charge in [-0.05, 0) is 12.1 Å². The molecule has 92 valence electrons. The maximum Gasteiger partial charge on any atom is 0.273 e. The first kappa shape index (κ1) is 13.5. The van der Waals surface area contributed by atoms with Gasteiger partial charge in [-0.2, -0.15) is 0 Å². The van der Waals surface area contributed by atoms with Crippen LogP contribution in [0, 0.1) is 10.1 Å². The van der Waals surface area contributed by atoms with E-state index in [9.17, 15) is 23.7 Å². The summed E-state index contributed by atoms with van der Waals surface area (Å²) in [5, 5.41) is 10.6. The Morgan fingerprint density at radius 3 is 2.59 bits per heavy atom. The minimum atomic E-state index is -2.74. The number of ketones is 1. The maximum absolute atomic E-state index is 12.4. The number of Topliss-reactive ketones (excluding diaryl/α,β-unsaturated/α-hetero) is 1. The Morgan fingerprint density at radius 1 is 1.47 bits per heavy atom. The largest absolute Gasteiger partial charge is 0.298 e. The van der Waals surface area contributed by atoms with E-state index in [1.807, 2.05) is 0 Å². The van der Waals surface area contributed by atoms with Crippen molar-refractivity contribution in [3.8, 4) is 0 Å². The molecule has 1 aromatic carbocycles. The molecular formula is C10H8ClF2NO3. The van der Waals surface area contributed by atoms with Gasteiger partial charge in [-0.3, -0.25) is 14.9 Å². The van der Waals surface area contributed by atoms with E-state index in [0.717, 1.165) is 18.2 Å². The number of halogens is 3. The third-order valence-corrected chi connectivity index (χ3v) is 2.39. The van der Waals surface area contributed by atoms with Crippen molar-refractivity contribution in [1.82, 2.24) is 0 Å². The number of nitro benzene ring substituents is 1. The number of alkyl halides is 3. The molecule has 17 heavy (non-hydrogen) atoms. The normalized spacial score (nSPS) is 10.6. The SMILES string of the molecule is O=C(CCl)Cc1cc(C(F)F)ccc1[N+](=O)[O-]. The van der Waals surface area contributed by atoms with Crippen molar-refractivity contribution in [2.45, 2.75) is 12.8 Å². The van der Waals surface area contributed by atoms with Gasteiger partial charge in [0.1, 0.15) is 0 Å². The number of carbonyl (C=O) groups is 1. The highest BCUT2D eigenvalue weighted by Gasteiger charge is 2.19. The fourth-order valence-electron chi connectivity index (χ4n) is 1.32. The van der Waals surface area contributed by atoms with E-state index in [4.69, 9.17) is 11.6 Å². The van der Waals surface area contributed by atoms with Gasteiger partial charge in [0, 0.05) is 23.6 Å². The van der Waals surface area contributed by atoms with Crippen molar-refractivity contribution in [3.63, 3.8) is 0 Å². The van der Waals surface area contributed by atoms with Crippen LogP contribution in [-0.2, 0) is 11.2 Å². The second kappa shape index (κ2) is 5.67. The molecule has 0 aromatic heterocycles. The fraction of sp³-hybridized carbons (Fsp3) is 0.300. The quantitative estimate of drug-likeness (QED) is 0.466. The number of nitro groups is 1. The number of rotatable bonds is 5. The van der Waals surface area contributed by atoms with Crippen LogP contribution in [-0.4, -0.2) is 16.6 Å². The Bertz CT molecular complexity index is 451. The molecule has 7 heteroatoms. The lowest BCUT2D eigenvalue weighted by molar-refractivity contribution is -0.385. The Labute approximate surface area is 100 Å². The van der Waals surface area contributed by atoms with Crippen LogP contribution in [0.1, 0.15) is 17.6 Å². The number of benzene rings is 1. The molecule has 0 radical (unpaired) electrons. The topological polar surface area (TPSA) is 60.2 Å². The van der Waals surface area contributed by atoms with Crippen molar-refractivity contribution in [2.24, 2.45) is 0 Å². The molecule has 1 aromatic rings. The molecule has 0 heterocycles. The van der Waals surface area contributed by atoms with Gasteiger partial charge in [0.2, 0.25) is 0 Å². The lowest BCUT2D eigenvalue weighted by Gasteiger charge is -2.04. The van der Waals surface area contributed by atoms with E-state index in [1.54, 1.807) is 0 Å². The average Bonchev–Trinajstić information content (AvgIpc) is 2.28. The zero-order valence-corrected chi connectivity index (χ0v) is 9.29. The van der Waals surface area contributed by atoms with Gasteiger partial charge in [0.05, 0.1) is 10.8 Å². The molecule has 0 amide bonds. The summed E-state index contributed by atoms with van der Waals surface area (Å²) in [6.45, 7) is 0. The van der Waals surface area contributed by atoms with Crippen LogP contribution < -0.4 is 0 Å². The first-order valence-electron chi connectivity index (χ1n) is 4.58. The van der Waals surface area contributed by atoms with Crippen molar-refractivity contribution < 1.29 is 18.5 Å². The zero-order chi connectivity index (χ0) is 13.0. The maximum atomic E-state index is 12.4. The van der Waals surface area contributed by atoms with Crippen molar-refractivity contribution >= 4 is 23.1 Å². The summed E-state index contributed by atoms with van der Waals surface area (Å²) in [5.41, 5.74) is -0.751. The minimum Gasteiger partial charge on any atom is -0.298 e. The molecule has 0 fully saturated rings. The molecule has 0 aliphatic carbocycles. The predicted molar refractivity (Wildman–Crippen MR) is 57.5 cm³/mol. The van der Waals surface area contributed by atoms with Gasteiger partial charge >= 0.3 is 0 Å². The summed E-state index contributed by atoms with van der Waals surface area (Å²) in [7, 11) is 0. The Morgan fingerprint density at radius 2 is 2.12 bits per heavy atom. The Balaban J connectivity index is 3.15. The Hall–Kier alpha value is -1.56. The first-order chi connectivity index (χ1) is 7.95. The van der Waals surface area contributed by atoms with Crippen LogP contribution in [0.15, 0.2) is 18.2 Å². The second-order valence-electron chi connectivity index (χ2n) is 3.30. The van der Waals surface area contributed by atoms with Gasteiger partial charge in [-0.15, -0.1) is 11.6 Å². The number of nitrogens with zero attached hydrogens (tertiary/aromatic N) is 1. The van der Waals surface area contributed by atoms with E-state index >= 15 is 0 Å². The monoisotopic (exact) mass is 263 g/mol. The molecule has 0 aliphatic rings. The van der Waals surface area contributed by atoms with Gasteiger partial charge in [-0.25, -0.2) is 8.78 Å². The molecule has 0 N–H and O–H groups in total. The van der Waals surface area contributed by atoms with Crippen molar-refractivity contribution in [2.75, 3.05) is 5.88 Å². The molecule has 0 unspecified atom stereocenters. The second-order valence-corrected chi connectivity index (χ2v) is 3.56. The smallest absolute Gasteiger partial charge is 0.273 e. The molecule has 0 bridgehead atoms. The van der Waals surface area contributed by atoms with Crippen LogP contribution >= 0.6 is 11.6 Å². The number of carbonyl (C=O) groups excluding carboxylic acids is 1. The van der Waals surface area contributed by atoms with Gasteiger partial charge in [0.15, 0.2) is 5.78 Å². The highest BCUT2D eigenvalue weighted by atomic mass is 35.5. The lowest BCUT2D eigenvalue weighted by atomic mass is 10.0. The number of hydrogen-bond acceptors (Lipinski definition) is 3. The Kier molecular flexibility index (Phi) is 4.51. The molecule has 0 atom stereocenters. The summed E-state index contributed by atoms with van der Waals surface area (Å²) >= 11 is 5.27. The van der Waals surface area contributed by atoms with E-state index in [0.29, 0.717) is 0 Å². The molecule has 0 saturated carbocycles. The van der Waals surface area contributed by atoms with E-state index < -0.39 is 17.1 Å². The number of hydrogen-bond donors (Lipinski definition) is 0. The summed E-state index contributed by atoms with van der Waals surface area (Å²) in [5.74, 6) is -0.767. The summed E-state index contributed by atoms with van der Waals surface area (Å²) in [4.78, 5) is 21.0. The van der Waals surface area contributed by atoms with Gasteiger partial charge in [0.25, 0.3) is 12.1 Å². The molecule has 4 nitrogen and oxygen atoms in total. The molecule has 0 saturated heterocycles. The minimum absolute atomic E-state index is 0.0431. The lowest BCUT2D eigenvalue weighted by Crippen LogP contribution is -2.07. The highest BCUT2D eigenvalue weighted by Crippen LogP contribution is 2.26. The van der Waals surface area contributed by atoms with Crippen LogP contribution in [0.2, 0.25) is 0 Å². The van der Waals surface area contributed by atoms with Crippen LogP contribution in [0.25, 0.3) is 0 Å². The van der Waals surface area contributed by atoms with Crippen LogP contribution in [0.3, 0.4) is 0 Å². The predicted octanol–water partition coefficient (Wildman–Crippen LogP) is 2.88. The summed E-state index contributed by atoms with van der Waals surface area (Å²) in [6, 6.07) is 2.91. The fourth-order valence-corrected chi connectivity index (χ4v) is 1.42. The third-order valence-electron chi connectivity index (χ3n) is 2.09. The van der Waals surface area contributed by atoms with Crippen molar-refractivity contribution in [3.05, 3.63) is 39.4 Å². The zero-order valence-electron chi connectivity index (χ0n) is 8.53. The van der Waals surface area contributed by atoms with E-state index in [2.05, 4.69) is 0 Å². The summed E-state index contributed by atoms with van der Waals surface area (Å²) < 4.78 is 24.8. The average molecular weight is 264 g/mol. The molecule has 0 aliphatic heterocycles. The summed E-state index contributed by atoms with van der Waals surface area (Å²) in [6.07, 6.45) is -3.05. The molecule has 1 rings (SSSR count). The molecule has 0 spiro atoms. The highest BCUT2D eigenvalue weighted by molar-refractivity contribution is 6.27. The first-order valence-corrected chi connectivity index (χ1v) is 5.12.